The molecule has 1 amide bonds. The van der Waals surface area contributed by atoms with Gasteiger partial charge < -0.3 is 4.57 Å². The summed E-state index contributed by atoms with van der Waals surface area (Å²) in [5, 5.41) is 2.30. The lowest BCUT2D eigenvalue weighted by atomic mass is 9.99. The fraction of sp³-hybridized carbons (Fsp3) is 0.280. The molecular formula is C25H25N3O3S2. The number of hydrogen-bond donors (Lipinski definition) is 0. The van der Waals surface area contributed by atoms with Crippen LogP contribution in [0, 0.1) is 5.92 Å². The van der Waals surface area contributed by atoms with Crippen LogP contribution in [0.15, 0.2) is 76.6 Å². The number of piperidine rings is 1. The number of sulfonamides is 1. The Kier molecular flexibility index (Phi) is 5.90. The third-order valence-corrected chi connectivity index (χ3v) is 9.22. The Morgan fingerprint density at radius 2 is 1.82 bits per heavy atom. The van der Waals surface area contributed by atoms with Crippen LogP contribution < -0.4 is 4.80 Å². The van der Waals surface area contributed by atoms with E-state index < -0.39 is 15.9 Å². The van der Waals surface area contributed by atoms with E-state index in [1.165, 1.54) is 15.6 Å². The average Bonchev–Trinajstić information content (AvgIpc) is 3.22. The first-order valence-electron chi connectivity index (χ1n) is 11.1. The highest BCUT2D eigenvalue weighted by molar-refractivity contribution is 7.89. The van der Waals surface area contributed by atoms with E-state index in [4.69, 9.17) is 0 Å². The summed E-state index contributed by atoms with van der Waals surface area (Å²) in [5.74, 6) is -0.689. The van der Waals surface area contributed by atoms with Gasteiger partial charge in [0.2, 0.25) is 10.0 Å². The number of fused-ring (bicyclic) bond motifs is 3. The molecule has 33 heavy (non-hydrogen) atoms. The molecule has 0 radical (unpaired) electrons. The van der Waals surface area contributed by atoms with Crippen molar-refractivity contribution >= 4 is 48.3 Å². The number of benzene rings is 3. The summed E-state index contributed by atoms with van der Waals surface area (Å²) in [6.07, 6.45) is 1.28. The molecule has 170 valence electrons. The van der Waals surface area contributed by atoms with Gasteiger partial charge in [-0.1, -0.05) is 59.9 Å². The molecule has 0 spiro atoms. The number of rotatable bonds is 4. The predicted octanol–water partition coefficient (Wildman–Crippen LogP) is 4.40. The van der Waals surface area contributed by atoms with Gasteiger partial charge in [0.15, 0.2) is 4.80 Å². The van der Waals surface area contributed by atoms with E-state index in [0.29, 0.717) is 30.7 Å². The number of thiazole rings is 1. The van der Waals surface area contributed by atoms with Crippen LogP contribution in [0.25, 0.3) is 21.0 Å². The van der Waals surface area contributed by atoms with Crippen LogP contribution in [0.1, 0.15) is 19.8 Å². The summed E-state index contributed by atoms with van der Waals surface area (Å²) in [4.78, 5) is 18.6. The highest BCUT2D eigenvalue weighted by atomic mass is 32.2. The maximum absolute atomic E-state index is 13.2. The van der Waals surface area contributed by atoms with E-state index >= 15 is 0 Å². The Bertz CT molecular complexity index is 1500. The van der Waals surface area contributed by atoms with Gasteiger partial charge in [0.25, 0.3) is 5.91 Å². The number of carbonyl (C=O) groups is 1. The predicted molar refractivity (Wildman–Crippen MR) is 131 cm³/mol. The quantitative estimate of drug-likeness (QED) is 0.435. The van der Waals surface area contributed by atoms with Gasteiger partial charge in [0.05, 0.1) is 21.0 Å². The zero-order valence-electron chi connectivity index (χ0n) is 18.3. The van der Waals surface area contributed by atoms with Crippen LogP contribution in [-0.2, 0) is 21.4 Å². The minimum atomic E-state index is -3.62. The van der Waals surface area contributed by atoms with Crippen LogP contribution in [0.3, 0.4) is 0 Å². The van der Waals surface area contributed by atoms with Gasteiger partial charge in [-0.2, -0.15) is 9.30 Å². The zero-order chi connectivity index (χ0) is 23.0. The second kappa shape index (κ2) is 8.85. The standard InChI is InChI=1S/C25H25N3O3S2/c1-2-28-22-15-14-18-9-6-7-13-21(18)23(22)32-25(28)26-24(29)19-10-8-16-27(17-19)33(30,31)20-11-4-3-5-12-20/h3-7,9,11-15,19H,2,8,10,16-17H2,1H3. The van der Waals surface area contributed by atoms with Crippen LogP contribution in [0.4, 0.5) is 0 Å². The van der Waals surface area contributed by atoms with Crippen molar-refractivity contribution in [2.24, 2.45) is 10.9 Å². The first kappa shape index (κ1) is 22.0. The molecule has 1 unspecified atom stereocenters. The van der Waals surface area contributed by atoms with Gasteiger partial charge in [-0.3, -0.25) is 4.79 Å². The molecule has 2 heterocycles. The molecule has 1 atom stereocenters. The molecule has 0 bridgehead atoms. The van der Waals surface area contributed by atoms with Gasteiger partial charge in [-0.05, 0) is 43.4 Å². The smallest absolute Gasteiger partial charge is 0.252 e. The molecule has 0 saturated carbocycles. The van der Waals surface area contributed by atoms with Gasteiger partial charge in [-0.15, -0.1) is 0 Å². The number of carbonyl (C=O) groups excluding carboxylic acids is 1. The van der Waals surface area contributed by atoms with E-state index in [-0.39, 0.29) is 17.3 Å². The fourth-order valence-corrected chi connectivity index (χ4v) is 7.26. The molecule has 1 aliphatic rings. The molecule has 5 rings (SSSR count). The first-order valence-corrected chi connectivity index (χ1v) is 13.4. The molecule has 8 heteroatoms. The van der Waals surface area contributed by atoms with Crippen molar-refractivity contribution in [2.75, 3.05) is 13.1 Å². The maximum Gasteiger partial charge on any atom is 0.252 e. The Balaban J connectivity index is 1.48. The van der Waals surface area contributed by atoms with E-state index in [1.807, 2.05) is 19.1 Å². The summed E-state index contributed by atoms with van der Waals surface area (Å²) in [6, 6.07) is 20.8. The lowest BCUT2D eigenvalue weighted by molar-refractivity contribution is -0.122. The van der Waals surface area contributed by atoms with Crippen LogP contribution in [-0.4, -0.2) is 36.3 Å². The van der Waals surface area contributed by atoms with Crippen molar-refractivity contribution in [2.45, 2.75) is 31.2 Å². The van der Waals surface area contributed by atoms with Gasteiger partial charge in [0, 0.05) is 25.0 Å². The Morgan fingerprint density at radius 3 is 2.61 bits per heavy atom. The second-order valence-electron chi connectivity index (χ2n) is 8.23. The van der Waals surface area contributed by atoms with Crippen molar-refractivity contribution in [1.82, 2.24) is 8.87 Å². The number of nitrogens with zero attached hydrogens (tertiary/aromatic N) is 3. The SMILES string of the molecule is CCn1c(=NC(=O)C2CCCN(S(=O)(=O)c3ccccc3)C2)sc2c3ccccc3ccc21. The Labute approximate surface area is 196 Å². The summed E-state index contributed by atoms with van der Waals surface area (Å²) in [5.41, 5.74) is 1.06. The molecule has 1 saturated heterocycles. The average molecular weight is 480 g/mol. The van der Waals surface area contributed by atoms with E-state index in [1.54, 1.807) is 30.3 Å². The van der Waals surface area contributed by atoms with Crippen molar-refractivity contribution < 1.29 is 13.2 Å². The summed E-state index contributed by atoms with van der Waals surface area (Å²) >= 11 is 1.52. The summed E-state index contributed by atoms with van der Waals surface area (Å²) in [7, 11) is -3.62. The van der Waals surface area contributed by atoms with Crippen molar-refractivity contribution in [3.05, 3.63) is 71.5 Å². The van der Waals surface area contributed by atoms with Crippen molar-refractivity contribution in [3.8, 4) is 0 Å². The number of aromatic nitrogens is 1. The molecule has 1 aromatic heterocycles. The van der Waals surface area contributed by atoms with Crippen molar-refractivity contribution in [1.29, 1.82) is 0 Å². The molecule has 0 aliphatic carbocycles. The van der Waals surface area contributed by atoms with Crippen LogP contribution in [0.2, 0.25) is 0 Å². The minimum Gasteiger partial charge on any atom is -0.317 e. The zero-order valence-corrected chi connectivity index (χ0v) is 20.0. The topological polar surface area (TPSA) is 71.7 Å². The molecule has 4 aromatic rings. The normalized spacial score (nSPS) is 18.2. The minimum absolute atomic E-state index is 0.166. The third kappa shape index (κ3) is 4.03. The number of hydrogen-bond acceptors (Lipinski definition) is 4. The largest absolute Gasteiger partial charge is 0.317 e. The van der Waals surface area contributed by atoms with Gasteiger partial charge in [0.1, 0.15) is 0 Å². The lowest BCUT2D eigenvalue weighted by Gasteiger charge is -2.30. The molecule has 1 fully saturated rings. The monoisotopic (exact) mass is 479 g/mol. The molecule has 0 N–H and O–H groups in total. The molecule has 3 aromatic carbocycles. The lowest BCUT2D eigenvalue weighted by Crippen LogP contribution is -2.42. The van der Waals surface area contributed by atoms with Gasteiger partial charge in [-0.25, -0.2) is 8.42 Å². The molecule has 1 aliphatic heterocycles. The number of aryl methyl sites for hydroxylation is 1. The van der Waals surface area contributed by atoms with Crippen LogP contribution >= 0.6 is 11.3 Å². The van der Waals surface area contributed by atoms with E-state index in [9.17, 15) is 13.2 Å². The van der Waals surface area contributed by atoms with Gasteiger partial charge >= 0.3 is 0 Å². The second-order valence-corrected chi connectivity index (χ2v) is 11.1. The summed E-state index contributed by atoms with van der Waals surface area (Å²) < 4.78 is 30.7. The molecule has 6 nitrogen and oxygen atoms in total. The fourth-order valence-electron chi connectivity index (χ4n) is 4.48. The maximum atomic E-state index is 13.2. The van der Waals surface area contributed by atoms with Crippen LogP contribution in [0.5, 0.6) is 0 Å². The Hall–Kier alpha value is -2.81. The van der Waals surface area contributed by atoms with E-state index in [2.05, 4.69) is 33.8 Å². The highest BCUT2D eigenvalue weighted by Crippen LogP contribution is 2.28. The summed E-state index contributed by atoms with van der Waals surface area (Å²) in [6.45, 7) is 3.33. The van der Waals surface area contributed by atoms with Crippen molar-refractivity contribution in [3.63, 3.8) is 0 Å². The Morgan fingerprint density at radius 1 is 1.06 bits per heavy atom. The highest BCUT2D eigenvalue weighted by Gasteiger charge is 2.33. The van der Waals surface area contributed by atoms with E-state index in [0.717, 1.165) is 21.0 Å². The third-order valence-electron chi connectivity index (χ3n) is 6.21. The first-order chi connectivity index (χ1) is 16.0. The number of amides is 1. The molecular weight excluding hydrogens is 454 g/mol.